The first kappa shape index (κ1) is 15.8. The number of rotatable bonds is 4. The maximum absolute atomic E-state index is 12.0. The summed E-state index contributed by atoms with van der Waals surface area (Å²) in [4.78, 5) is 35.3. The molecule has 22 heavy (non-hydrogen) atoms. The number of aromatic nitrogens is 1. The summed E-state index contributed by atoms with van der Waals surface area (Å²) in [6.45, 7) is -0.213. The molecule has 2 aromatic rings. The van der Waals surface area contributed by atoms with E-state index in [1.807, 2.05) is 0 Å². The maximum atomic E-state index is 12.0. The summed E-state index contributed by atoms with van der Waals surface area (Å²) < 4.78 is 1.16. The number of halogens is 1. The van der Waals surface area contributed by atoms with Gasteiger partial charge >= 0.3 is 0 Å². The number of anilines is 1. The fourth-order valence-corrected chi connectivity index (χ4v) is 2.02. The Morgan fingerprint density at radius 2 is 1.91 bits per heavy atom. The zero-order chi connectivity index (χ0) is 16.1. The molecule has 2 N–H and O–H groups in total. The predicted molar refractivity (Wildman–Crippen MR) is 84.2 cm³/mol. The third-order valence-corrected chi connectivity index (χ3v) is 3.26. The van der Waals surface area contributed by atoms with Crippen molar-refractivity contribution >= 4 is 29.1 Å². The molecule has 1 heterocycles. The van der Waals surface area contributed by atoms with Crippen LogP contribution in [0.5, 0.6) is 0 Å². The molecule has 1 aromatic heterocycles. The molecule has 2 rings (SSSR count). The molecule has 6 nitrogen and oxygen atoms in total. The Bertz CT molecular complexity index is 771. The Labute approximate surface area is 131 Å². The van der Waals surface area contributed by atoms with E-state index < -0.39 is 5.91 Å². The molecule has 0 saturated heterocycles. The van der Waals surface area contributed by atoms with Gasteiger partial charge in [-0.2, -0.15) is 0 Å². The number of nitrogens with one attached hydrogen (secondary N) is 2. The van der Waals surface area contributed by atoms with Gasteiger partial charge in [0, 0.05) is 19.3 Å². The second-order valence-electron chi connectivity index (χ2n) is 4.49. The second-order valence-corrected chi connectivity index (χ2v) is 4.90. The number of pyridine rings is 1. The predicted octanol–water partition coefficient (Wildman–Crippen LogP) is 1.50. The number of para-hydroxylation sites is 1. The quantitative estimate of drug-likeness (QED) is 0.896. The molecule has 0 aliphatic heterocycles. The lowest BCUT2D eigenvalue weighted by molar-refractivity contribution is -0.116. The Balaban J connectivity index is 2.16. The molecule has 2 amide bonds. The van der Waals surface area contributed by atoms with Crippen LogP contribution in [0.15, 0.2) is 47.4 Å². The van der Waals surface area contributed by atoms with E-state index >= 15 is 0 Å². The Morgan fingerprint density at radius 3 is 2.59 bits per heavy atom. The summed E-state index contributed by atoms with van der Waals surface area (Å²) in [6.07, 6.45) is 1.34. The minimum absolute atomic E-state index is 0.213. The molecule has 0 aliphatic rings. The lowest BCUT2D eigenvalue weighted by atomic mass is 10.2. The molecule has 0 bridgehead atoms. The molecule has 0 unspecified atom stereocenters. The van der Waals surface area contributed by atoms with E-state index in [9.17, 15) is 14.4 Å². The van der Waals surface area contributed by atoms with Crippen LogP contribution in [0.3, 0.4) is 0 Å². The largest absolute Gasteiger partial charge is 0.355 e. The highest BCUT2D eigenvalue weighted by atomic mass is 35.5. The molecular weight excluding hydrogens is 306 g/mol. The third kappa shape index (κ3) is 3.73. The molecule has 0 saturated carbocycles. The van der Waals surface area contributed by atoms with Gasteiger partial charge in [0.05, 0.1) is 16.3 Å². The van der Waals surface area contributed by atoms with Crippen LogP contribution in [0, 0.1) is 0 Å². The van der Waals surface area contributed by atoms with Crippen molar-refractivity contribution in [1.82, 2.24) is 9.88 Å². The van der Waals surface area contributed by atoms with Crippen molar-refractivity contribution in [3.05, 3.63) is 63.5 Å². The number of amides is 2. The van der Waals surface area contributed by atoms with Gasteiger partial charge in [0.2, 0.25) is 5.91 Å². The van der Waals surface area contributed by atoms with Gasteiger partial charge in [0.15, 0.2) is 0 Å². The normalized spacial score (nSPS) is 10.1. The SMILES string of the molecule is CNC(=O)c1ccc(=O)n(CC(=O)Nc2ccccc2Cl)c1. The van der Waals surface area contributed by atoms with Crippen molar-refractivity contribution in [1.29, 1.82) is 0 Å². The summed E-state index contributed by atoms with van der Waals surface area (Å²) in [5.41, 5.74) is 0.388. The molecule has 1 aromatic carbocycles. The van der Waals surface area contributed by atoms with E-state index in [-0.39, 0.29) is 18.0 Å². The molecule has 7 heteroatoms. The topological polar surface area (TPSA) is 80.2 Å². The molecule has 0 radical (unpaired) electrons. The van der Waals surface area contributed by atoms with Gasteiger partial charge in [0.1, 0.15) is 6.54 Å². The van der Waals surface area contributed by atoms with Crippen molar-refractivity contribution in [3.8, 4) is 0 Å². The Hall–Kier alpha value is -2.60. The lowest BCUT2D eigenvalue weighted by Gasteiger charge is -2.09. The average Bonchev–Trinajstić information content (AvgIpc) is 2.51. The number of carbonyl (C=O) groups excluding carboxylic acids is 2. The number of carbonyl (C=O) groups is 2. The van der Waals surface area contributed by atoms with Gasteiger partial charge in [0.25, 0.3) is 11.5 Å². The highest BCUT2D eigenvalue weighted by Crippen LogP contribution is 2.20. The van der Waals surface area contributed by atoms with Crippen molar-refractivity contribution in [2.45, 2.75) is 6.54 Å². The van der Waals surface area contributed by atoms with Crippen molar-refractivity contribution < 1.29 is 9.59 Å². The van der Waals surface area contributed by atoms with Crippen LogP contribution in [0.2, 0.25) is 5.02 Å². The van der Waals surface area contributed by atoms with Gasteiger partial charge in [-0.15, -0.1) is 0 Å². The average molecular weight is 320 g/mol. The molecular formula is C15H14ClN3O3. The zero-order valence-electron chi connectivity index (χ0n) is 11.8. The van der Waals surface area contributed by atoms with Crippen molar-refractivity contribution in [2.24, 2.45) is 0 Å². The fraction of sp³-hybridized carbons (Fsp3) is 0.133. The van der Waals surface area contributed by atoms with Crippen molar-refractivity contribution in [3.63, 3.8) is 0 Å². The van der Waals surface area contributed by atoms with E-state index in [2.05, 4.69) is 10.6 Å². The summed E-state index contributed by atoms with van der Waals surface area (Å²) in [6, 6.07) is 9.44. The van der Waals surface area contributed by atoms with Gasteiger partial charge in [-0.1, -0.05) is 23.7 Å². The first-order chi connectivity index (χ1) is 10.5. The zero-order valence-corrected chi connectivity index (χ0v) is 12.6. The van der Waals surface area contributed by atoms with Crippen LogP contribution in [0.25, 0.3) is 0 Å². The number of nitrogens with zero attached hydrogens (tertiary/aromatic N) is 1. The second kappa shape index (κ2) is 6.91. The van der Waals surface area contributed by atoms with Crippen LogP contribution in [0.4, 0.5) is 5.69 Å². The number of hydrogen-bond acceptors (Lipinski definition) is 3. The molecule has 0 aliphatic carbocycles. The third-order valence-electron chi connectivity index (χ3n) is 2.93. The van der Waals surface area contributed by atoms with Crippen LogP contribution in [0.1, 0.15) is 10.4 Å². The van der Waals surface area contributed by atoms with Crippen LogP contribution in [-0.4, -0.2) is 23.4 Å². The van der Waals surface area contributed by atoms with Crippen molar-refractivity contribution in [2.75, 3.05) is 12.4 Å². The highest BCUT2D eigenvalue weighted by Gasteiger charge is 2.10. The van der Waals surface area contributed by atoms with Gasteiger partial charge in [-0.25, -0.2) is 0 Å². The van der Waals surface area contributed by atoms with E-state index in [4.69, 9.17) is 11.6 Å². The fourth-order valence-electron chi connectivity index (χ4n) is 1.84. The standard InChI is InChI=1S/C15H14ClN3O3/c1-17-15(22)10-6-7-14(21)19(8-10)9-13(20)18-12-5-3-2-4-11(12)16/h2-8H,9H2,1H3,(H,17,22)(H,18,20). The van der Waals surface area contributed by atoms with Gasteiger partial charge < -0.3 is 15.2 Å². The van der Waals surface area contributed by atoms with Gasteiger partial charge in [-0.3, -0.25) is 14.4 Å². The smallest absolute Gasteiger partial charge is 0.252 e. The molecule has 114 valence electrons. The van der Waals surface area contributed by atoms with Crippen LogP contribution in [-0.2, 0) is 11.3 Å². The highest BCUT2D eigenvalue weighted by molar-refractivity contribution is 6.33. The minimum atomic E-state index is -0.413. The Kier molecular flexibility index (Phi) is 4.95. The first-order valence-electron chi connectivity index (χ1n) is 6.48. The van der Waals surface area contributed by atoms with E-state index in [1.54, 1.807) is 24.3 Å². The van der Waals surface area contributed by atoms with E-state index in [0.717, 1.165) is 4.57 Å². The number of benzene rings is 1. The van der Waals surface area contributed by atoms with Crippen LogP contribution >= 0.6 is 11.6 Å². The number of hydrogen-bond donors (Lipinski definition) is 2. The molecule has 0 fully saturated rings. The summed E-state index contributed by atoms with van der Waals surface area (Å²) in [7, 11) is 1.49. The summed E-state index contributed by atoms with van der Waals surface area (Å²) in [5.74, 6) is -0.746. The molecule has 0 atom stereocenters. The van der Waals surface area contributed by atoms with E-state index in [0.29, 0.717) is 16.3 Å². The van der Waals surface area contributed by atoms with Crippen LogP contribution < -0.4 is 16.2 Å². The summed E-state index contributed by atoms with van der Waals surface area (Å²) >= 11 is 5.95. The minimum Gasteiger partial charge on any atom is -0.355 e. The lowest BCUT2D eigenvalue weighted by Crippen LogP contribution is -2.29. The Morgan fingerprint density at radius 1 is 1.18 bits per heavy atom. The summed E-state index contributed by atoms with van der Waals surface area (Å²) in [5, 5.41) is 5.48. The van der Waals surface area contributed by atoms with E-state index in [1.165, 1.54) is 25.4 Å². The van der Waals surface area contributed by atoms with Gasteiger partial charge in [-0.05, 0) is 18.2 Å². The maximum Gasteiger partial charge on any atom is 0.252 e. The first-order valence-corrected chi connectivity index (χ1v) is 6.86. The molecule has 0 spiro atoms. The monoisotopic (exact) mass is 319 g/mol.